The highest BCUT2D eigenvalue weighted by Gasteiger charge is 2.15. The van der Waals surface area contributed by atoms with Crippen molar-refractivity contribution in [2.24, 2.45) is 7.05 Å². The molecule has 2 aromatic heterocycles. The van der Waals surface area contributed by atoms with Gasteiger partial charge in [0, 0.05) is 13.6 Å². The van der Waals surface area contributed by atoms with Gasteiger partial charge in [-0.15, -0.1) is 0 Å². The number of ether oxygens (including phenoxy) is 1. The maximum atomic E-state index is 13.2. The Balaban J connectivity index is 1.64. The fourth-order valence-electron chi connectivity index (χ4n) is 3.56. The molecule has 0 radical (unpaired) electrons. The fraction of sp³-hybridized carbons (Fsp3) is 0.200. The molecule has 0 aliphatic rings. The predicted octanol–water partition coefficient (Wildman–Crippen LogP) is 2.39. The number of rotatable bonds is 6. The zero-order chi connectivity index (χ0) is 23.5. The predicted molar refractivity (Wildman–Crippen MR) is 126 cm³/mol. The Morgan fingerprint density at radius 3 is 2.36 bits per heavy atom. The van der Waals surface area contributed by atoms with Gasteiger partial charge in [0.1, 0.15) is 11.4 Å². The summed E-state index contributed by atoms with van der Waals surface area (Å²) in [6.07, 6.45) is 1.39. The highest BCUT2D eigenvalue weighted by Crippen LogP contribution is 2.12. The molecule has 4 aromatic rings. The van der Waals surface area contributed by atoms with E-state index in [9.17, 15) is 14.4 Å². The van der Waals surface area contributed by atoms with E-state index in [-0.39, 0.29) is 17.6 Å². The molecule has 33 heavy (non-hydrogen) atoms. The molecule has 8 heteroatoms. The molecule has 8 nitrogen and oxygen atoms in total. The van der Waals surface area contributed by atoms with Crippen molar-refractivity contribution >= 4 is 16.8 Å². The lowest BCUT2D eigenvalue weighted by Gasteiger charge is -2.12. The van der Waals surface area contributed by atoms with Crippen molar-refractivity contribution in [3.05, 3.63) is 104 Å². The van der Waals surface area contributed by atoms with Crippen LogP contribution in [0.4, 0.5) is 0 Å². The Morgan fingerprint density at radius 2 is 1.70 bits per heavy atom. The zero-order valence-electron chi connectivity index (χ0n) is 18.7. The van der Waals surface area contributed by atoms with Crippen molar-refractivity contribution in [1.82, 2.24) is 19.4 Å². The molecule has 1 N–H and O–H groups in total. The summed E-state index contributed by atoms with van der Waals surface area (Å²) in [5.74, 6) is 0.319. The highest BCUT2D eigenvalue weighted by atomic mass is 16.5. The Kier molecular flexibility index (Phi) is 6.08. The van der Waals surface area contributed by atoms with E-state index in [1.807, 2.05) is 55.5 Å². The van der Waals surface area contributed by atoms with Crippen LogP contribution in [0.1, 0.15) is 27.2 Å². The van der Waals surface area contributed by atoms with Crippen molar-refractivity contribution in [3.8, 4) is 5.75 Å². The Bertz CT molecular complexity index is 1440. The number of amides is 1. The summed E-state index contributed by atoms with van der Waals surface area (Å²) in [4.78, 5) is 42.8. The minimum Gasteiger partial charge on any atom is -0.497 e. The highest BCUT2D eigenvalue weighted by molar-refractivity contribution is 5.95. The number of aryl methyl sites for hydroxylation is 2. The number of hydrogen-bond donors (Lipinski definition) is 1. The van der Waals surface area contributed by atoms with Gasteiger partial charge < -0.3 is 10.1 Å². The maximum absolute atomic E-state index is 13.2. The number of carbonyl (C=O) groups is 1. The maximum Gasteiger partial charge on any atom is 0.331 e. The standard InChI is InChI=1S/C25H24N4O4/c1-16-4-6-18(7-5-16)15-29-24(31)20-12-21(26-14-22(20)28(2)25(29)32)23(30)27-13-17-8-10-19(33-3)11-9-17/h4-12,14H,13,15H2,1-3H3,(H,27,30). The minimum atomic E-state index is -0.458. The molecule has 0 bridgehead atoms. The van der Waals surface area contributed by atoms with Crippen LogP contribution in [0.5, 0.6) is 5.75 Å². The van der Waals surface area contributed by atoms with Crippen LogP contribution in [0.3, 0.4) is 0 Å². The number of methoxy groups -OCH3 is 1. The molecule has 0 saturated heterocycles. The van der Waals surface area contributed by atoms with E-state index in [0.29, 0.717) is 12.1 Å². The monoisotopic (exact) mass is 444 g/mol. The van der Waals surface area contributed by atoms with E-state index in [2.05, 4.69) is 10.3 Å². The fourth-order valence-corrected chi connectivity index (χ4v) is 3.56. The summed E-state index contributed by atoms with van der Waals surface area (Å²) in [6.45, 7) is 2.41. The van der Waals surface area contributed by atoms with Crippen molar-refractivity contribution in [2.75, 3.05) is 7.11 Å². The summed E-state index contributed by atoms with van der Waals surface area (Å²) in [7, 11) is 3.17. The molecule has 2 aromatic carbocycles. The second-order valence-electron chi connectivity index (χ2n) is 7.84. The molecular formula is C25H24N4O4. The smallest absolute Gasteiger partial charge is 0.331 e. The van der Waals surface area contributed by atoms with Crippen molar-refractivity contribution in [2.45, 2.75) is 20.0 Å². The topological polar surface area (TPSA) is 95.2 Å². The Hall–Kier alpha value is -4.20. The molecule has 0 spiro atoms. The SMILES string of the molecule is COc1ccc(CNC(=O)c2cc3c(=O)n(Cc4ccc(C)cc4)c(=O)n(C)c3cn2)cc1. The molecule has 0 saturated carbocycles. The molecular weight excluding hydrogens is 420 g/mol. The van der Waals surface area contributed by atoms with Crippen LogP contribution in [0.15, 0.2) is 70.4 Å². The first-order valence-corrected chi connectivity index (χ1v) is 10.4. The number of nitrogens with zero attached hydrogens (tertiary/aromatic N) is 3. The average molecular weight is 444 g/mol. The second kappa shape index (κ2) is 9.12. The van der Waals surface area contributed by atoms with Gasteiger partial charge in [-0.25, -0.2) is 9.78 Å². The van der Waals surface area contributed by atoms with Crippen molar-refractivity contribution < 1.29 is 9.53 Å². The third-order valence-corrected chi connectivity index (χ3v) is 5.54. The average Bonchev–Trinajstić information content (AvgIpc) is 2.85. The van der Waals surface area contributed by atoms with Crippen LogP contribution in [0.25, 0.3) is 10.9 Å². The van der Waals surface area contributed by atoms with Gasteiger partial charge in [-0.3, -0.25) is 18.7 Å². The molecule has 0 aliphatic carbocycles. The number of carbonyl (C=O) groups excluding carboxylic acids is 1. The molecule has 0 atom stereocenters. The van der Waals surface area contributed by atoms with E-state index < -0.39 is 17.2 Å². The molecule has 168 valence electrons. The number of nitrogens with one attached hydrogen (secondary N) is 1. The normalized spacial score (nSPS) is 10.9. The summed E-state index contributed by atoms with van der Waals surface area (Å²) in [6, 6.07) is 16.4. The lowest BCUT2D eigenvalue weighted by molar-refractivity contribution is 0.0946. The largest absolute Gasteiger partial charge is 0.497 e. The zero-order valence-corrected chi connectivity index (χ0v) is 18.7. The first-order chi connectivity index (χ1) is 15.9. The van der Waals surface area contributed by atoms with Gasteiger partial charge in [-0.05, 0) is 36.2 Å². The van der Waals surface area contributed by atoms with Gasteiger partial charge in [-0.2, -0.15) is 0 Å². The van der Waals surface area contributed by atoms with Crippen LogP contribution < -0.4 is 21.3 Å². The molecule has 2 heterocycles. The first kappa shape index (κ1) is 22.0. The van der Waals surface area contributed by atoms with E-state index in [1.54, 1.807) is 14.2 Å². The number of hydrogen-bond acceptors (Lipinski definition) is 5. The van der Waals surface area contributed by atoms with Gasteiger partial charge in [0.2, 0.25) is 0 Å². The van der Waals surface area contributed by atoms with E-state index in [1.165, 1.54) is 21.4 Å². The van der Waals surface area contributed by atoms with E-state index in [0.717, 1.165) is 22.4 Å². The third-order valence-electron chi connectivity index (χ3n) is 5.54. The van der Waals surface area contributed by atoms with E-state index in [4.69, 9.17) is 4.74 Å². The number of aromatic nitrogens is 3. The Morgan fingerprint density at radius 1 is 1.03 bits per heavy atom. The molecule has 0 fully saturated rings. The van der Waals surface area contributed by atoms with Gasteiger partial charge in [0.25, 0.3) is 11.5 Å². The van der Waals surface area contributed by atoms with Gasteiger partial charge >= 0.3 is 5.69 Å². The van der Waals surface area contributed by atoms with Gasteiger partial charge in [0.15, 0.2) is 0 Å². The minimum absolute atomic E-state index is 0.105. The van der Waals surface area contributed by atoms with Crippen LogP contribution in [-0.2, 0) is 20.1 Å². The quantitative estimate of drug-likeness (QED) is 0.493. The second-order valence-corrected chi connectivity index (χ2v) is 7.84. The summed E-state index contributed by atoms with van der Waals surface area (Å²) in [5.41, 5.74) is 2.41. The molecule has 0 aliphatic heterocycles. The van der Waals surface area contributed by atoms with Crippen molar-refractivity contribution in [3.63, 3.8) is 0 Å². The lowest BCUT2D eigenvalue weighted by atomic mass is 10.1. The van der Waals surface area contributed by atoms with Gasteiger partial charge in [0.05, 0.1) is 30.8 Å². The first-order valence-electron chi connectivity index (χ1n) is 10.4. The number of benzene rings is 2. The van der Waals surface area contributed by atoms with Crippen LogP contribution in [-0.4, -0.2) is 27.1 Å². The van der Waals surface area contributed by atoms with Crippen LogP contribution in [0.2, 0.25) is 0 Å². The van der Waals surface area contributed by atoms with E-state index >= 15 is 0 Å². The molecule has 4 rings (SSSR count). The Labute approximate surface area is 190 Å². The number of fused-ring (bicyclic) bond motifs is 1. The number of pyridine rings is 1. The molecule has 1 amide bonds. The third kappa shape index (κ3) is 4.55. The van der Waals surface area contributed by atoms with Gasteiger partial charge in [-0.1, -0.05) is 42.0 Å². The molecule has 0 unspecified atom stereocenters. The summed E-state index contributed by atoms with van der Waals surface area (Å²) >= 11 is 0. The van der Waals surface area contributed by atoms with Crippen molar-refractivity contribution in [1.29, 1.82) is 0 Å². The summed E-state index contributed by atoms with van der Waals surface area (Å²) < 4.78 is 7.68. The summed E-state index contributed by atoms with van der Waals surface area (Å²) in [5, 5.41) is 3.06. The lowest BCUT2D eigenvalue weighted by Crippen LogP contribution is -2.39. The van der Waals surface area contributed by atoms with Crippen LogP contribution >= 0.6 is 0 Å². The van der Waals surface area contributed by atoms with Crippen LogP contribution in [0, 0.1) is 6.92 Å².